The van der Waals surface area contributed by atoms with Crippen LogP contribution in [0, 0.1) is 12.7 Å². The molecular formula is C53H51FN8O13. The van der Waals surface area contributed by atoms with E-state index in [-0.39, 0.29) is 68.3 Å². The first kappa shape index (κ1) is 51.4. The smallest absolute Gasteiger partial charge is 0.343 e. The van der Waals surface area contributed by atoms with Gasteiger partial charge < -0.3 is 50.5 Å². The number of nitrogens with one attached hydrogen (secondary N) is 5. The summed E-state index contributed by atoms with van der Waals surface area (Å²) in [6.45, 7) is 1.49. The molecule has 5 aromatic rings. The normalized spacial score (nSPS) is 17.4. The number of fused-ring (bicyclic) bond motifs is 5. The van der Waals surface area contributed by atoms with E-state index in [1.54, 1.807) is 50.2 Å². The number of hydrogen-bond acceptors (Lipinski definition) is 14. The molecule has 75 heavy (non-hydrogen) atoms. The van der Waals surface area contributed by atoms with Gasteiger partial charge in [-0.05, 0) is 72.7 Å². The lowest BCUT2D eigenvalue weighted by molar-refractivity contribution is -0.172. The molecule has 5 heterocycles. The summed E-state index contributed by atoms with van der Waals surface area (Å²) in [5.41, 5.74) is 2.75. The summed E-state index contributed by atoms with van der Waals surface area (Å²) < 4.78 is 34.2. The number of nitrogens with zero attached hydrogens (tertiary/aromatic N) is 3. The fourth-order valence-corrected chi connectivity index (χ4v) is 9.73. The number of hydrogen-bond donors (Lipinski definition) is 6. The Balaban J connectivity index is 0.756. The predicted octanol–water partition coefficient (Wildman–Crippen LogP) is 1.44. The molecule has 22 heteroatoms. The highest BCUT2D eigenvalue weighted by Gasteiger charge is 2.46. The molecule has 21 nitrogen and oxygen atoms in total. The van der Waals surface area contributed by atoms with Gasteiger partial charge in [-0.3, -0.25) is 38.4 Å². The number of carbonyl (C=O) groups excluding carboxylic acids is 8. The third kappa shape index (κ3) is 10.4. The molecule has 0 spiro atoms. The summed E-state index contributed by atoms with van der Waals surface area (Å²) in [5, 5.41) is 24.5. The molecule has 4 aliphatic rings. The summed E-state index contributed by atoms with van der Waals surface area (Å²) in [6.07, 6.45) is 2.69. The van der Waals surface area contributed by atoms with Crippen molar-refractivity contribution < 1.29 is 62.1 Å². The molecule has 2 aromatic heterocycles. The molecule has 388 valence electrons. The van der Waals surface area contributed by atoms with Crippen molar-refractivity contribution in [3.05, 3.63) is 140 Å². The Bertz CT molecular complexity index is 3290. The van der Waals surface area contributed by atoms with Gasteiger partial charge in [0.1, 0.15) is 25.2 Å². The number of benzene rings is 3. The number of halogens is 1. The number of ether oxygens (including phenoxy) is 3. The van der Waals surface area contributed by atoms with Crippen LogP contribution in [0.5, 0.6) is 0 Å². The van der Waals surface area contributed by atoms with E-state index in [1.165, 1.54) is 34.9 Å². The zero-order valence-corrected chi connectivity index (χ0v) is 40.7. The summed E-state index contributed by atoms with van der Waals surface area (Å²) in [5.74, 6) is -5.81. The van der Waals surface area contributed by atoms with E-state index in [9.17, 15) is 48.3 Å². The van der Waals surface area contributed by atoms with Crippen molar-refractivity contribution in [3.8, 4) is 11.4 Å². The van der Waals surface area contributed by atoms with Crippen LogP contribution in [0.15, 0.2) is 83.7 Å². The summed E-state index contributed by atoms with van der Waals surface area (Å²) in [6, 6.07) is 16.3. The number of carbonyl (C=O) groups is 8. The molecule has 1 aliphatic carbocycles. The van der Waals surface area contributed by atoms with Crippen LogP contribution in [0.2, 0.25) is 0 Å². The summed E-state index contributed by atoms with van der Waals surface area (Å²) in [4.78, 5) is 121. The van der Waals surface area contributed by atoms with E-state index in [0.717, 1.165) is 33.6 Å². The first-order valence-electron chi connectivity index (χ1n) is 24.2. The first-order valence-corrected chi connectivity index (χ1v) is 24.2. The van der Waals surface area contributed by atoms with Crippen molar-refractivity contribution in [1.82, 2.24) is 36.1 Å². The minimum absolute atomic E-state index is 0.0244. The Kier molecular flexibility index (Phi) is 14.8. The Morgan fingerprint density at radius 2 is 1.60 bits per heavy atom. The van der Waals surface area contributed by atoms with Crippen molar-refractivity contribution in [2.45, 2.75) is 70.4 Å². The number of rotatable bonds is 19. The number of cyclic esters (lactones) is 1. The van der Waals surface area contributed by atoms with E-state index >= 15 is 4.39 Å². The number of amides is 7. The van der Waals surface area contributed by atoms with Crippen LogP contribution in [0.25, 0.3) is 22.3 Å². The lowest BCUT2D eigenvalue weighted by atomic mass is 9.82. The van der Waals surface area contributed by atoms with Crippen molar-refractivity contribution in [1.29, 1.82) is 0 Å². The average Bonchev–Trinajstić information content (AvgIpc) is 3.97. The fourth-order valence-electron chi connectivity index (χ4n) is 9.73. The summed E-state index contributed by atoms with van der Waals surface area (Å²) in [7, 11) is 0. The quantitative estimate of drug-likeness (QED) is 0.0290. The van der Waals surface area contributed by atoms with Gasteiger partial charge in [0.25, 0.3) is 23.3 Å². The molecule has 0 bridgehead atoms. The van der Waals surface area contributed by atoms with Gasteiger partial charge in [-0.25, -0.2) is 19.1 Å². The number of aryl methyl sites for hydroxylation is 1. The first-order chi connectivity index (χ1) is 36.1. The standard InChI is InChI=1S/C53H51FN8O13/c1-3-53(72)35-20-39-48-33(25-61(39)51(70)34(35)26-75-52(53)71)47-40(13-12-32-28(2)36(54)21-37(60-48)46(32)47)74-17-16-73-27-58-42(64)23-57-50(69)38(18-29-8-5-4-6-9-29)59-43(65)24-55-41(63)22-56-49(68)30-10-7-11-31(19-30)62-44(66)14-15-45(62)67/h4-11,14-15,19-21,38,40,72H,3,12-13,16-18,22-27H2,1-2H3,(H,55,63)(H,56,68)(H,57,69)(H,58,64)(H,59,65)/t38-,40-,53-/m0/s1. The molecule has 9 rings (SSSR count). The van der Waals surface area contributed by atoms with E-state index in [4.69, 9.17) is 19.2 Å². The maximum Gasteiger partial charge on any atom is 0.343 e. The fraction of sp³-hybridized carbons (Fsp3) is 0.321. The largest absolute Gasteiger partial charge is 0.458 e. The van der Waals surface area contributed by atoms with Gasteiger partial charge in [-0.1, -0.05) is 43.3 Å². The maximum atomic E-state index is 15.3. The molecule has 3 aliphatic heterocycles. The second-order valence-corrected chi connectivity index (χ2v) is 18.2. The minimum Gasteiger partial charge on any atom is -0.458 e. The number of aromatic nitrogens is 2. The average molecular weight is 1030 g/mol. The lowest BCUT2D eigenvalue weighted by Crippen LogP contribution is -2.52. The van der Waals surface area contributed by atoms with E-state index in [1.807, 2.05) is 0 Å². The second kappa shape index (κ2) is 21.5. The van der Waals surface area contributed by atoms with Gasteiger partial charge in [-0.15, -0.1) is 0 Å². The molecule has 3 aromatic carbocycles. The van der Waals surface area contributed by atoms with Gasteiger partial charge in [0.2, 0.25) is 23.6 Å². The van der Waals surface area contributed by atoms with E-state index in [0.29, 0.717) is 46.4 Å². The molecule has 0 saturated carbocycles. The number of imide groups is 1. The topological polar surface area (TPSA) is 283 Å². The maximum absolute atomic E-state index is 15.3. The highest BCUT2D eigenvalue weighted by Crippen LogP contribution is 2.47. The van der Waals surface area contributed by atoms with Gasteiger partial charge in [0.15, 0.2) is 5.60 Å². The SMILES string of the molecule is CC[C@@]1(O)C(=O)OCc2c1cc1n(c2=O)Cc2c-1nc1cc(F)c(C)c3c1c2[C@@H](OCCOCNC(=O)CNC(=O)[C@H](Cc1ccccc1)NC(=O)CNC(=O)CNC(=O)c1cccc(N2C(=O)C=CC2=O)c1)CC3. The Morgan fingerprint density at radius 3 is 2.36 bits per heavy atom. The van der Waals surface area contributed by atoms with Gasteiger partial charge >= 0.3 is 5.97 Å². The third-order valence-electron chi connectivity index (χ3n) is 13.6. The van der Waals surface area contributed by atoms with Crippen molar-refractivity contribution in [3.63, 3.8) is 0 Å². The molecule has 7 amide bonds. The molecular weight excluding hydrogens is 976 g/mol. The number of esters is 1. The van der Waals surface area contributed by atoms with Gasteiger partial charge in [0, 0.05) is 46.7 Å². The highest BCUT2D eigenvalue weighted by atomic mass is 19.1. The van der Waals surface area contributed by atoms with E-state index < -0.39 is 96.1 Å². The Hall–Kier alpha value is -8.47. The van der Waals surface area contributed by atoms with Crippen LogP contribution < -0.4 is 37.0 Å². The zero-order chi connectivity index (χ0) is 53.1. The van der Waals surface area contributed by atoms with Crippen molar-refractivity contribution in [2.75, 3.05) is 44.5 Å². The van der Waals surface area contributed by atoms with Crippen LogP contribution in [0.3, 0.4) is 0 Å². The monoisotopic (exact) mass is 1030 g/mol. The van der Waals surface area contributed by atoms with Crippen LogP contribution in [0.4, 0.5) is 10.1 Å². The third-order valence-corrected chi connectivity index (χ3v) is 13.6. The molecule has 3 atom stereocenters. The van der Waals surface area contributed by atoms with Gasteiger partial charge in [-0.2, -0.15) is 0 Å². The van der Waals surface area contributed by atoms with Crippen LogP contribution in [-0.2, 0) is 79.4 Å². The number of pyridine rings is 2. The molecule has 0 unspecified atom stereocenters. The highest BCUT2D eigenvalue weighted by molar-refractivity contribution is 6.28. The summed E-state index contributed by atoms with van der Waals surface area (Å²) >= 11 is 0. The second-order valence-electron chi connectivity index (χ2n) is 18.2. The van der Waals surface area contributed by atoms with Crippen LogP contribution in [-0.4, -0.2) is 108 Å². The number of anilines is 1. The van der Waals surface area contributed by atoms with Crippen molar-refractivity contribution >= 4 is 63.9 Å². The molecule has 0 saturated heterocycles. The van der Waals surface area contributed by atoms with Gasteiger partial charge in [0.05, 0.1) is 73.7 Å². The Morgan fingerprint density at radius 1 is 0.867 bits per heavy atom. The lowest BCUT2D eigenvalue weighted by Gasteiger charge is -2.31. The molecule has 6 N–H and O–H groups in total. The number of aliphatic hydroxyl groups is 1. The van der Waals surface area contributed by atoms with Crippen molar-refractivity contribution in [2.24, 2.45) is 0 Å². The molecule has 0 fully saturated rings. The molecule has 0 radical (unpaired) electrons. The predicted molar refractivity (Wildman–Crippen MR) is 264 cm³/mol. The van der Waals surface area contributed by atoms with E-state index in [2.05, 4.69) is 26.6 Å². The minimum atomic E-state index is -2.02. The zero-order valence-electron chi connectivity index (χ0n) is 40.7. The van der Waals surface area contributed by atoms with Crippen LogP contribution >= 0.6 is 0 Å². The van der Waals surface area contributed by atoms with Crippen LogP contribution in [0.1, 0.15) is 75.2 Å². The Labute approximate surface area is 426 Å².